The first kappa shape index (κ1) is 34.0. The Bertz CT molecular complexity index is 1120. The van der Waals surface area contributed by atoms with E-state index in [1.807, 2.05) is 20.8 Å². The lowest BCUT2D eigenvalue weighted by molar-refractivity contribution is -0.215. The Morgan fingerprint density at radius 1 is 0.977 bits per heavy atom. The van der Waals surface area contributed by atoms with E-state index < -0.39 is 70.2 Å². The summed E-state index contributed by atoms with van der Waals surface area (Å²) >= 11 is 0. The van der Waals surface area contributed by atoms with Crippen molar-refractivity contribution >= 4 is 11.8 Å². The van der Waals surface area contributed by atoms with Gasteiger partial charge in [-0.3, -0.25) is 9.59 Å². The van der Waals surface area contributed by atoms with Crippen molar-refractivity contribution in [1.82, 2.24) is 0 Å². The van der Waals surface area contributed by atoms with Crippen molar-refractivity contribution in [2.75, 3.05) is 6.61 Å². The average Bonchev–Trinajstić information content (AvgIpc) is 3.80. The van der Waals surface area contributed by atoms with Crippen LogP contribution >= 0.6 is 0 Å². The lowest BCUT2D eigenvalue weighted by atomic mass is 9.59. The molecule has 5 rings (SSSR count). The molecule has 0 radical (unpaired) electrons. The van der Waals surface area contributed by atoms with Gasteiger partial charge in [0.25, 0.3) is 0 Å². The molecule has 44 heavy (non-hydrogen) atoms. The number of hydrogen-bond donors (Lipinski definition) is 4. The normalized spacial score (nSPS) is 42.8. The molecule has 0 aromatic carbocycles. The van der Waals surface area contributed by atoms with Crippen molar-refractivity contribution in [2.24, 2.45) is 29.1 Å². The summed E-state index contributed by atoms with van der Waals surface area (Å²) in [4.78, 5) is 26.5. The van der Waals surface area contributed by atoms with Crippen LogP contribution in [0.3, 0.4) is 0 Å². The number of carbonyl (C=O) groups is 2. The first-order valence-electron chi connectivity index (χ1n) is 17.7. The Labute approximate surface area is 264 Å². The van der Waals surface area contributed by atoms with Crippen molar-refractivity contribution in [3.8, 4) is 0 Å². The highest BCUT2D eigenvalue weighted by atomic mass is 16.6. The topological polar surface area (TPSA) is 137 Å². The number of aliphatic hydroxyl groups is 4. The zero-order valence-electron chi connectivity index (χ0n) is 27.8. The largest absolute Gasteiger partial charge is 0.458 e. The molecule has 8 nitrogen and oxygen atoms in total. The quantitative estimate of drug-likeness (QED) is 0.106. The molecule has 8 heteroatoms. The van der Waals surface area contributed by atoms with Crippen molar-refractivity contribution < 1.29 is 39.5 Å². The molecule has 0 unspecified atom stereocenters. The monoisotopic (exact) mass is 618 g/mol. The summed E-state index contributed by atoms with van der Waals surface area (Å²) < 4.78 is 12.3. The Hall–Kier alpha value is -1.32. The highest BCUT2D eigenvalue weighted by molar-refractivity contribution is 6.05. The van der Waals surface area contributed by atoms with Gasteiger partial charge >= 0.3 is 5.97 Å². The van der Waals surface area contributed by atoms with Gasteiger partial charge in [-0.25, -0.2) is 0 Å². The number of unbranched alkanes of at least 4 members (excludes halogenated alkanes) is 12. The Kier molecular flexibility index (Phi) is 9.56. The molecule has 10 atom stereocenters. The maximum absolute atomic E-state index is 13.3. The van der Waals surface area contributed by atoms with Gasteiger partial charge in [0.2, 0.25) is 0 Å². The molecular formula is C36H58O8. The third kappa shape index (κ3) is 5.04. The molecule has 3 saturated carbocycles. The highest BCUT2D eigenvalue weighted by Crippen LogP contribution is 2.79. The van der Waals surface area contributed by atoms with E-state index in [9.17, 15) is 30.0 Å². The van der Waals surface area contributed by atoms with Crippen LogP contribution in [0.15, 0.2) is 11.6 Å². The second-order valence-corrected chi connectivity index (χ2v) is 15.6. The lowest BCUT2D eigenvalue weighted by Gasteiger charge is -2.51. The first-order valence-corrected chi connectivity index (χ1v) is 17.7. The van der Waals surface area contributed by atoms with Crippen LogP contribution < -0.4 is 0 Å². The number of aliphatic hydroxyl groups excluding tert-OH is 2. The smallest absolute Gasteiger partial charge is 0.306 e. The van der Waals surface area contributed by atoms with Crippen LogP contribution in [0.1, 0.15) is 131 Å². The molecule has 0 aromatic rings. The summed E-state index contributed by atoms with van der Waals surface area (Å²) in [5.41, 5.74) is -6.51. The minimum atomic E-state index is -2.30. The number of esters is 1. The van der Waals surface area contributed by atoms with E-state index in [0.29, 0.717) is 12.8 Å². The van der Waals surface area contributed by atoms with Gasteiger partial charge in [0.05, 0.1) is 18.3 Å². The fraction of sp³-hybridized carbons (Fsp3) is 0.889. The van der Waals surface area contributed by atoms with Gasteiger partial charge in [-0.2, -0.15) is 0 Å². The minimum absolute atomic E-state index is 0.233. The molecule has 4 aliphatic carbocycles. The van der Waals surface area contributed by atoms with Crippen LogP contribution in [0.25, 0.3) is 0 Å². The number of fused-ring (bicyclic) bond motifs is 7. The number of epoxide rings is 1. The number of ketones is 1. The maximum atomic E-state index is 13.3. The van der Waals surface area contributed by atoms with E-state index in [-0.39, 0.29) is 17.5 Å². The van der Waals surface area contributed by atoms with Crippen molar-refractivity contribution in [1.29, 1.82) is 0 Å². The summed E-state index contributed by atoms with van der Waals surface area (Å²) in [6, 6.07) is 0. The zero-order chi connectivity index (χ0) is 32.1. The van der Waals surface area contributed by atoms with E-state index in [4.69, 9.17) is 9.47 Å². The predicted molar refractivity (Wildman–Crippen MR) is 167 cm³/mol. The lowest BCUT2D eigenvalue weighted by Crippen LogP contribution is -2.65. The molecule has 0 bridgehead atoms. The van der Waals surface area contributed by atoms with Gasteiger partial charge < -0.3 is 29.9 Å². The van der Waals surface area contributed by atoms with Crippen LogP contribution in [-0.4, -0.2) is 73.4 Å². The van der Waals surface area contributed by atoms with E-state index in [1.54, 1.807) is 13.0 Å². The van der Waals surface area contributed by atoms with Crippen LogP contribution in [0.5, 0.6) is 0 Å². The van der Waals surface area contributed by atoms with E-state index in [2.05, 4.69) is 6.92 Å². The number of ether oxygens (including phenoxy) is 2. The number of rotatable bonds is 16. The van der Waals surface area contributed by atoms with E-state index in [0.717, 1.165) is 19.3 Å². The van der Waals surface area contributed by atoms with Crippen LogP contribution in [0.2, 0.25) is 0 Å². The van der Waals surface area contributed by atoms with Gasteiger partial charge in [-0.05, 0) is 31.3 Å². The second kappa shape index (κ2) is 12.4. The summed E-state index contributed by atoms with van der Waals surface area (Å²) in [7, 11) is 0. The SMILES string of the molecule is CCCCCCCCCCCCCCCC(=O)O[C@@]12C[C@@H](C)[C@]3(O)[C@H]([C@@H]1C2(C)C)[C@@H]1O[C@]1(CO)[C@@H](O)[C@]1(O)C(=O)C(C)=C[C@H]13. The summed E-state index contributed by atoms with van der Waals surface area (Å²) in [5.74, 6) is -3.39. The Balaban J connectivity index is 1.17. The van der Waals surface area contributed by atoms with Gasteiger partial charge in [0.15, 0.2) is 11.4 Å². The van der Waals surface area contributed by atoms with E-state index >= 15 is 0 Å². The summed E-state index contributed by atoms with van der Waals surface area (Å²) in [5, 5.41) is 46.2. The standard InChI is InChI=1S/C36H58O8/c1-6-7-8-9-10-11-12-13-14-15-16-17-18-19-26(38)43-34-21-24(3)35(41)25-20-23(2)29(39)36(25,42)31(40)33(22-37)30(44-33)27(35)28(34)32(34,4)5/h20,24-25,27-28,30-31,37,40-42H,6-19,21-22H2,1-5H3/t24-,25+,27-,28-,30+,31-,33+,34+,35-,36-/m1/s1. The predicted octanol–water partition coefficient (Wildman–Crippen LogP) is 5.17. The zero-order valence-corrected chi connectivity index (χ0v) is 27.8. The molecule has 1 aliphatic heterocycles. The van der Waals surface area contributed by atoms with Gasteiger partial charge in [-0.1, -0.05) is 111 Å². The van der Waals surface area contributed by atoms with Crippen molar-refractivity contribution in [2.45, 2.75) is 166 Å². The molecule has 5 aliphatic rings. The second-order valence-electron chi connectivity index (χ2n) is 15.6. The third-order valence-electron chi connectivity index (χ3n) is 12.7. The molecule has 1 heterocycles. The number of hydrogen-bond acceptors (Lipinski definition) is 8. The average molecular weight is 619 g/mol. The Morgan fingerprint density at radius 2 is 1.52 bits per heavy atom. The highest BCUT2D eigenvalue weighted by Gasteiger charge is 2.90. The van der Waals surface area contributed by atoms with Crippen LogP contribution in [-0.2, 0) is 19.1 Å². The molecule has 0 spiro atoms. The van der Waals surface area contributed by atoms with E-state index in [1.165, 1.54) is 64.2 Å². The molecule has 0 amide bonds. The molecular weight excluding hydrogens is 560 g/mol. The number of carbonyl (C=O) groups excluding carboxylic acids is 2. The van der Waals surface area contributed by atoms with Crippen LogP contribution in [0, 0.1) is 29.1 Å². The summed E-state index contributed by atoms with van der Waals surface area (Å²) in [6.45, 7) is 9.17. The fourth-order valence-corrected chi connectivity index (χ4v) is 9.98. The van der Waals surface area contributed by atoms with Gasteiger partial charge in [0.1, 0.15) is 17.3 Å². The molecule has 4 fully saturated rings. The number of Topliss-reactive ketones (excluding diaryl/α,β-unsaturated/α-hetero) is 1. The third-order valence-corrected chi connectivity index (χ3v) is 12.7. The first-order chi connectivity index (χ1) is 20.8. The minimum Gasteiger partial charge on any atom is -0.458 e. The van der Waals surface area contributed by atoms with Crippen molar-refractivity contribution in [3.63, 3.8) is 0 Å². The van der Waals surface area contributed by atoms with Gasteiger partial charge in [-0.15, -0.1) is 0 Å². The molecule has 4 N–H and O–H groups in total. The maximum Gasteiger partial charge on any atom is 0.306 e. The van der Waals surface area contributed by atoms with Crippen LogP contribution in [0.4, 0.5) is 0 Å². The van der Waals surface area contributed by atoms with Gasteiger partial charge in [0, 0.05) is 29.6 Å². The fourth-order valence-electron chi connectivity index (χ4n) is 9.98. The molecule has 0 aromatic heterocycles. The molecule has 1 saturated heterocycles. The summed E-state index contributed by atoms with van der Waals surface area (Å²) in [6.07, 6.45) is 15.9. The Morgan fingerprint density at radius 3 is 2.07 bits per heavy atom. The van der Waals surface area contributed by atoms with Crippen molar-refractivity contribution in [3.05, 3.63) is 11.6 Å². The molecule has 250 valence electrons.